The summed E-state index contributed by atoms with van der Waals surface area (Å²) in [6, 6.07) is 2.83. The Hall–Kier alpha value is -0.840. The molecule has 4 heteroatoms. The zero-order valence-corrected chi connectivity index (χ0v) is 13.2. The van der Waals surface area contributed by atoms with Gasteiger partial charge in [0.2, 0.25) is 0 Å². The summed E-state index contributed by atoms with van der Waals surface area (Å²) in [4.78, 5) is 4.90. The van der Waals surface area contributed by atoms with Gasteiger partial charge < -0.3 is 19.5 Å². The van der Waals surface area contributed by atoms with Gasteiger partial charge in [-0.05, 0) is 52.5 Å². The van der Waals surface area contributed by atoms with Crippen LogP contribution in [0.15, 0.2) is 16.7 Å². The molecule has 1 aliphatic heterocycles. The maximum absolute atomic E-state index is 5.60. The van der Waals surface area contributed by atoms with E-state index < -0.39 is 0 Å². The summed E-state index contributed by atoms with van der Waals surface area (Å²) in [5.41, 5.74) is 1.32. The molecule has 1 unspecified atom stereocenters. The van der Waals surface area contributed by atoms with Crippen molar-refractivity contribution in [1.29, 1.82) is 0 Å². The van der Waals surface area contributed by atoms with Crippen molar-refractivity contribution in [2.75, 3.05) is 33.7 Å². The van der Waals surface area contributed by atoms with Crippen molar-refractivity contribution in [1.82, 2.24) is 15.1 Å². The summed E-state index contributed by atoms with van der Waals surface area (Å²) in [6.07, 6.45) is 5.64. The van der Waals surface area contributed by atoms with Crippen molar-refractivity contribution < 1.29 is 4.42 Å². The fourth-order valence-corrected chi connectivity index (χ4v) is 2.97. The number of likely N-dealkylation sites (tertiary alicyclic amines) is 1. The quantitative estimate of drug-likeness (QED) is 0.740. The highest BCUT2D eigenvalue weighted by Crippen LogP contribution is 2.18. The van der Waals surface area contributed by atoms with E-state index in [1.807, 2.05) is 6.26 Å². The first-order chi connectivity index (χ1) is 9.70. The number of furan rings is 1. The highest BCUT2D eigenvalue weighted by molar-refractivity contribution is 5.16. The molecule has 1 atom stereocenters. The van der Waals surface area contributed by atoms with Gasteiger partial charge in [-0.3, -0.25) is 0 Å². The van der Waals surface area contributed by atoms with Crippen LogP contribution in [-0.2, 0) is 13.1 Å². The standard InChI is InChI=1S/C16H29N3O/c1-4-8-17-11-16-14(7-10-20-16)12-18(2)13-15-6-5-9-19(15)3/h7,10,15,17H,4-6,8-9,11-13H2,1-3H3. The number of nitrogens with zero attached hydrogens (tertiary/aromatic N) is 2. The van der Waals surface area contributed by atoms with Gasteiger partial charge >= 0.3 is 0 Å². The predicted octanol–water partition coefficient (Wildman–Crippen LogP) is 2.31. The van der Waals surface area contributed by atoms with Crippen molar-refractivity contribution in [3.05, 3.63) is 23.7 Å². The molecule has 20 heavy (non-hydrogen) atoms. The second-order valence-electron chi connectivity index (χ2n) is 6.02. The van der Waals surface area contributed by atoms with Gasteiger partial charge in [0.15, 0.2) is 0 Å². The van der Waals surface area contributed by atoms with Gasteiger partial charge in [-0.1, -0.05) is 6.92 Å². The van der Waals surface area contributed by atoms with E-state index in [9.17, 15) is 0 Å². The fourth-order valence-electron chi connectivity index (χ4n) is 2.97. The molecule has 1 aromatic heterocycles. The van der Waals surface area contributed by atoms with Crippen molar-refractivity contribution in [3.63, 3.8) is 0 Å². The molecule has 1 N–H and O–H groups in total. The lowest BCUT2D eigenvalue weighted by Gasteiger charge is -2.25. The first-order valence-corrected chi connectivity index (χ1v) is 7.85. The van der Waals surface area contributed by atoms with E-state index in [1.165, 1.54) is 24.9 Å². The first kappa shape index (κ1) is 15.5. The van der Waals surface area contributed by atoms with Gasteiger partial charge in [-0.15, -0.1) is 0 Å². The Morgan fingerprint density at radius 2 is 2.35 bits per heavy atom. The molecule has 4 nitrogen and oxygen atoms in total. The van der Waals surface area contributed by atoms with Crippen LogP contribution in [0.4, 0.5) is 0 Å². The minimum absolute atomic E-state index is 0.716. The Bertz CT molecular complexity index is 391. The first-order valence-electron chi connectivity index (χ1n) is 7.85. The monoisotopic (exact) mass is 279 g/mol. The molecule has 0 amide bonds. The van der Waals surface area contributed by atoms with E-state index in [2.05, 4.69) is 42.2 Å². The number of hydrogen-bond donors (Lipinski definition) is 1. The normalized spacial score (nSPS) is 20.1. The van der Waals surface area contributed by atoms with Crippen LogP contribution in [0.25, 0.3) is 0 Å². The molecule has 0 radical (unpaired) electrons. The largest absolute Gasteiger partial charge is 0.468 e. The van der Waals surface area contributed by atoms with Crippen LogP contribution >= 0.6 is 0 Å². The van der Waals surface area contributed by atoms with E-state index >= 15 is 0 Å². The summed E-state index contributed by atoms with van der Waals surface area (Å²) in [5.74, 6) is 1.09. The highest BCUT2D eigenvalue weighted by Gasteiger charge is 2.22. The number of nitrogens with one attached hydrogen (secondary N) is 1. The van der Waals surface area contributed by atoms with Gasteiger partial charge in [-0.2, -0.15) is 0 Å². The zero-order chi connectivity index (χ0) is 14.4. The van der Waals surface area contributed by atoms with Gasteiger partial charge in [0.1, 0.15) is 5.76 Å². The van der Waals surface area contributed by atoms with Crippen LogP contribution < -0.4 is 5.32 Å². The zero-order valence-electron chi connectivity index (χ0n) is 13.2. The van der Waals surface area contributed by atoms with Gasteiger partial charge in [-0.25, -0.2) is 0 Å². The van der Waals surface area contributed by atoms with Crippen molar-refractivity contribution in [2.45, 2.75) is 45.3 Å². The maximum atomic E-state index is 5.60. The summed E-state index contributed by atoms with van der Waals surface area (Å²) in [7, 11) is 4.45. The third-order valence-electron chi connectivity index (χ3n) is 4.18. The number of likely N-dealkylation sites (N-methyl/N-ethyl adjacent to an activating group) is 2. The molecule has 1 aliphatic rings. The van der Waals surface area contributed by atoms with Crippen molar-refractivity contribution >= 4 is 0 Å². The van der Waals surface area contributed by atoms with Gasteiger partial charge in [0.05, 0.1) is 12.8 Å². The molecule has 0 spiro atoms. The second-order valence-corrected chi connectivity index (χ2v) is 6.02. The van der Waals surface area contributed by atoms with Crippen LogP contribution in [0.1, 0.15) is 37.5 Å². The van der Waals surface area contributed by atoms with E-state index in [0.29, 0.717) is 6.04 Å². The number of rotatable bonds is 8. The lowest BCUT2D eigenvalue weighted by Crippen LogP contribution is -2.36. The minimum atomic E-state index is 0.716. The van der Waals surface area contributed by atoms with E-state index in [1.54, 1.807) is 0 Å². The van der Waals surface area contributed by atoms with Crippen LogP contribution in [0.5, 0.6) is 0 Å². The molecule has 0 aromatic carbocycles. The molecular weight excluding hydrogens is 250 g/mol. The SMILES string of the molecule is CCCNCc1occc1CN(C)CC1CCCN1C. The van der Waals surface area contributed by atoms with E-state index in [4.69, 9.17) is 4.42 Å². The molecule has 0 bridgehead atoms. The van der Waals surface area contributed by atoms with Crippen LogP contribution in [0.2, 0.25) is 0 Å². The molecule has 0 aliphatic carbocycles. The molecule has 1 saturated heterocycles. The molecule has 2 rings (SSSR count). The van der Waals surface area contributed by atoms with Gasteiger partial charge in [0, 0.05) is 24.7 Å². The molecule has 1 fully saturated rings. The minimum Gasteiger partial charge on any atom is -0.468 e. The smallest absolute Gasteiger partial charge is 0.122 e. The van der Waals surface area contributed by atoms with Crippen molar-refractivity contribution in [2.24, 2.45) is 0 Å². The topological polar surface area (TPSA) is 31.7 Å². The molecule has 2 heterocycles. The lowest BCUT2D eigenvalue weighted by atomic mass is 10.2. The summed E-state index contributed by atoms with van der Waals surface area (Å²) in [5, 5.41) is 3.41. The number of hydrogen-bond acceptors (Lipinski definition) is 4. The third kappa shape index (κ3) is 4.33. The van der Waals surface area contributed by atoms with Crippen LogP contribution in [-0.4, -0.2) is 49.6 Å². The third-order valence-corrected chi connectivity index (χ3v) is 4.18. The van der Waals surface area contributed by atoms with Crippen LogP contribution in [0, 0.1) is 0 Å². The molecule has 114 valence electrons. The summed E-state index contributed by atoms with van der Waals surface area (Å²) in [6.45, 7) is 7.43. The van der Waals surface area contributed by atoms with E-state index in [-0.39, 0.29) is 0 Å². The fraction of sp³-hybridized carbons (Fsp3) is 0.750. The Balaban J connectivity index is 1.81. The van der Waals surface area contributed by atoms with Crippen LogP contribution in [0.3, 0.4) is 0 Å². The average molecular weight is 279 g/mol. The van der Waals surface area contributed by atoms with E-state index in [0.717, 1.165) is 38.4 Å². The predicted molar refractivity (Wildman–Crippen MR) is 82.7 cm³/mol. The van der Waals surface area contributed by atoms with Crippen molar-refractivity contribution in [3.8, 4) is 0 Å². The maximum Gasteiger partial charge on any atom is 0.122 e. The second kappa shape index (κ2) is 7.81. The Morgan fingerprint density at radius 1 is 1.50 bits per heavy atom. The highest BCUT2D eigenvalue weighted by atomic mass is 16.3. The Labute approximate surface area is 123 Å². The average Bonchev–Trinajstić information content (AvgIpc) is 3.01. The van der Waals surface area contributed by atoms with Gasteiger partial charge in [0.25, 0.3) is 0 Å². The lowest BCUT2D eigenvalue weighted by molar-refractivity contribution is 0.214. The Morgan fingerprint density at radius 3 is 3.05 bits per heavy atom. The Kier molecular flexibility index (Phi) is 6.07. The molecular formula is C16H29N3O. The molecule has 1 aromatic rings. The molecule has 0 saturated carbocycles. The summed E-state index contributed by atoms with van der Waals surface area (Å²) < 4.78 is 5.60. The summed E-state index contributed by atoms with van der Waals surface area (Å²) >= 11 is 0.